The Kier molecular flexibility index (Phi) is 49.1. The van der Waals surface area contributed by atoms with Gasteiger partial charge in [0.2, 0.25) is 5.91 Å². The molecule has 1 aliphatic heterocycles. The Bertz CT molecular complexity index is 1660. The molecule has 6 N–H and O–H groups in total. The molecule has 8 atom stereocenters. The maximum absolute atomic E-state index is 13.4. The van der Waals surface area contributed by atoms with E-state index in [4.69, 9.17) is 14.2 Å². The number of esters is 1. The fourth-order valence-corrected chi connectivity index (χ4v) is 8.88. The van der Waals surface area contributed by atoms with Gasteiger partial charge in [0, 0.05) is 6.42 Å². The number of allylic oxidation sites excluding steroid dienone is 17. The summed E-state index contributed by atoms with van der Waals surface area (Å²) < 4.78 is 17.6. The van der Waals surface area contributed by atoms with Gasteiger partial charge < -0.3 is 45.1 Å². The lowest BCUT2D eigenvalue weighted by Gasteiger charge is -2.41. The standard InChI is InChI=1S/C66H111NO10/c1-4-7-10-13-16-19-22-25-27-28-29-30-31-32-33-36-39-42-45-48-51-54-61(71)77-64-63(73)62(72)60(55-68)76-66(64)75-56-57(58(69)52-49-46-43-40-37-34-24-21-18-15-12-9-6-3)67-65(74)59(70)53-50-47-44-41-38-35-26-23-20-17-14-11-8-5-2/h8,11,14,16-17,19-20,23,25-27,29-30,32-33,35,49,52,57-60,62-64,66,68-70,72-73H,4-7,9-10,12-13,15,18,21-22,24,28,31,34,36-48,50-51,53-56H2,1-3H3,(H,67,74)/b11-8+,17-14+,19-16-,23-20+,27-25-,30-29-,33-32-,35-26-,52-49+. The first-order valence-corrected chi connectivity index (χ1v) is 30.7. The molecular formula is C66H111NO10. The summed E-state index contributed by atoms with van der Waals surface area (Å²) >= 11 is 0. The smallest absolute Gasteiger partial charge is 0.306 e. The molecule has 1 aliphatic rings. The molecule has 8 unspecified atom stereocenters. The molecule has 1 fully saturated rings. The number of ether oxygens (including phenoxy) is 3. The molecule has 0 aromatic carbocycles. The number of aliphatic hydroxyl groups excluding tert-OH is 5. The summed E-state index contributed by atoms with van der Waals surface area (Å²) in [6.45, 7) is 5.58. The van der Waals surface area contributed by atoms with E-state index in [0.717, 1.165) is 109 Å². The van der Waals surface area contributed by atoms with E-state index in [1.807, 2.05) is 42.5 Å². The van der Waals surface area contributed by atoms with E-state index in [2.05, 4.69) is 86.8 Å². The molecule has 1 heterocycles. The third kappa shape index (κ3) is 41.1. The van der Waals surface area contributed by atoms with Gasteiger partial charge in [-0.25, -0.2) is 0 Å². The molecule has 0 aromatic rings. The number of rotatable bonds is 50. The summed E-state index contributed by atoms with van der Waals surface area (Å²) in [4.78, 5) is 26.5. The topological polar surface area (TPSA) is 175 Å². The largest absolute Gasteiger partial charge is 0.454 e. The Hall–Kier alpha value is -3.68. The number of aliphatic hydroxyl groups is 5. The number of carbonyl (C=O) groups excluding carboxylic acids is 2. The maximum atomic E-state index is 13.4. The average molecular weight is 1080 g/mol. The van der Waals surface area contributed by atoms with Crippen molar-refractivity contribution in [2.75, 3.05) is 13.2 Å². The van der Waals surface area contributed by atoms with Gasteiger partial charge in [-0.1, -0.05) is 246 Å². The Morgan fingerprint density at radius 1 is 0.532 bits per heavy atom. The summed E-state index contributed by atoms with van der Waals surface area (Å²) in [7, 11) is 0. The molecule has 0 radical (unpaired) electrons. The van der Waals surface area contributed by atoms with E-state index in [0.29, 0.717) is 12.8 Å². The Morgan fingerprint density at radius 3 is 1.55 bits per heavy atom. The number of amides is 1. The third-order valence-corrected chi connectivity index (χ3v) is 13.8. The van der Waals surface area contributed by atoms with Gasteiger partial charge >= 0.3 is 5.97 Å². The van der Waals surface area contributed by atoms with Gasteiger partial charge in [0.25, 0.3) is 0 Å². The normalized spacial score (nSPS) is 19.8. The highest BCUT2D eigenvalue weighted by Crippen LogP contribution is 2.26. The van der Waals surface area contributed by atoms with Crippen molar-refractivity contribution in [3.05, 3.63) is 109 Å². The summed E-state index contributed by atoms with van der Waals surface area (Å²) in [6, 6.07) is -1.05. The summed E-state index contributed by atoms with van der Waals surface area (Å²) in [6.07, 6.45) is 61.2. The zero-order valence-corrected chi connectivity index (χ0v) is 48.5. The minimum Gasteiger partial charge on any atom is -0.454 e. The molecule has 77 heavy (non-hydrogen) atoms. The minimum atomic E-state index is -1.63. The van der Waals surface area contributed by atoms with Gasteiger partial charge in [0.05, 0.1) is 25.4 Å². The highest BCUT2D eigenvalue weighted by molar-refractivity contribution is 5.80. The molecule has 1 amide bonds. The molecule has 0 saturated carbocycles. The molecule has 440 valence electrons. The fourth-order valence-electron chi connectivity index (χ4n) is 8.88. The van der Waals surface area contributed by atoms with Crippen molar-refractivity contribution in [3.8, 4) is 0 Å². The number of carbonyl (C=O) groups is 2. The van der Waals surface area contributed by atoms with E-state index in [1.54, 1.807) is 6.08 Å². The van der Waals surface area contributed by atoms with E-state index >= 15 is 0 Å². The second kappa shape index (κ2) is 53.0. The van der Waals surface area contributed by atoms with E-state index in [1.165, 1.54) is 77.0 Å². The van der Waals surface area contributed by atoms with Crippen LogP contribution in [0.4, 0.5) is 0 Å². The van der Waals surface area contributed by atoms with Gasteiger partial charge in [-0.2, -0.15) is 0 Å². The van der Waals surface area contributed by atoms with Crippen LogP contribution in [0.25, 0.3) is 0 Å². The highest BCUT2D eigenvalue weighted by Gasteiger charge is 2.47. The van der Waals surface area contributed by atoms with Crippen LogP contribution in [0.15, 0.2) is 109 Å². The second-order valence-electron chi connectivity index (χ2n) is 20.8. The van der Waals surface area contributed by atoms with Crippen LogP contribution in [-0.4, -0.2) is 99.6 Å². The molecule has 11 heteroatoms. The van der Waals surface area contributed by atoms with Gasteiger partial charge in [0.1, 0.15) is 24.4 Å². The van der Waals surface area contributed by atoms with E-state index < -0.39 is 67.4 Å². The molecule has 11 nitrogen and oxygen atoms in total. The first kappa shape index (κ1) is 71.3. The van der Waals surface area contributed by atoms with Crippen molar-refractivity contribution in [2.24, 2.45) is 0 Å². The zero-order valence-electron chi connectivity index (χ0n) is 48.5. The van der Waals surface area contributed by atoms with Gasteiger partial charge in [-0.15, -0.1) is 0 Å². The second-order valence-corrected chi connectivity index (χ2v) is 20.8. The number of nitrogens with one attached hydrogen (secondary N) is 1. The molecule has 0 aliphatic carbocycles. The first-order valence-electron chi connectivity index (χ1n) is 30.7. The Morgan fingerprint density at radius 2 is 0.987 bits per heavy atom. The lowest BCUT2D eigenvalue weighted by molar-refractivity contribution is -0.305. The predicted octanol–water partition coefficient (Wildman–Crippen LogP) is 14.5. The van der Waals surface area contributed by atoms with Crippen LogP contribution in [0.2, 0.25) is 0 Å². The SMILES string of the molecule is CC/C=C/C=C/C=C/C=C\CCCCCCC(O)C(=O)NC(COC1OC(CO)C(O)C(O)C1OC(=O)CCCCCCC/C=C\C/C=C\C/C=C\C/C=C\CCCCC)C(O)/C=C/CCCCCCCCCCCCC. The summed E-state index contributed by atoms with van der Waals surface area (Å²) in [5.41, 5.74) is 0. The van der Waals surface area contributed by atoms with Crippen LogP contribution in [-0.2, 0) is 23.8 Å². The van der Waals surface area contributed by atoms with Gasteiger partial charge in [-0.3, -0.25) is 9.59 Å². The van der Waals surface area contributed by atoms with Crippen LogP contribution >= 0.6 is 0 Å². The molecule has 1 rings (SSSR count). The van der Waals surface area contributed by atoms with Crippen LogP contribution in [0, 0.1) is 0 Å². The van der Waals surface area contributed by atoms with Crippen LogP contribution in [0.1, 0.15) is 233 Å². The van der Waals surface area contributed by atoms with Gasteiger partial charge in [-0.05, 0) is 89.9 Å². The Balaban J connectivity index is 2.72. The quantitative estimate of drug-likeness (QED) is 0.0149. The number of hydrogen-bond donors (Lipinski definition) is 6. The van der Waals surface area contributed by atoms with Gasteiger partial charge in [0.15, 0.2) is 12.4 Å². The zero-order chi connectivity index (χ0) is 56.1. The summed E-state index contributed by atoms with van der Waals surface area (Å²) in [5.74, 6) is -1.25. The summed E-state index contributed by atoms with van der Waals surface area (Å²) in [5, 5.41) is 56.9. The molecule has 0 bridgehead atoms. The molecule has 1 saturated heterocycles. The van der Waals surface area contributed by atoms with Crippen molar-refractivity contribution in [2.45, 2.75) is 282 Å². The van der Waals surface area contributed by atoms with E-state index in [9.17, 15) is 35.1 Å². The van der Waals surface area contributed by atoms with Crippen LogP contribution in [0.5, 0.6) is 0 Å². The monoisotopic (exact) mass is 1080 g/mol. The Labute approximate surface area is 468 Å². The fraction of sp³-hybridized carbons (Fsp3) is 0.697. The highest BCUT2D eigenvalue weighted by atomic mass is 16.7. The minimum absolute atomic E-state index is 0.0934. The molecule has 0 aromatic heterocycles. The predicted molar refractivity (Wildman–Crippen MR) is 319 cm³/mol. The van der Waals surface area contributed by atoms with Crippen molar-refractivity contribution in [1.29, 1.82) is 0 Å². The van der Waals surface area contributed by atoms with Crippen molar-refractivity contribution >= 4 is 11.9 Å². The van der Waals surface area contributed by atoms with Crippen molar-refractivity contribution in [3.63, 3.8) is 0 Å². The van der Waals surface area contributed by atoms with E-state index in [-0.39, 0.29) is 19.4 Å². The first-order chi connectivity index (χ1) is 37.7. The lowest BCUT2D eigenvalue weighted by atomic mass is 9.99. The molecular weight excluding hydrogens is 967 g/mol. The number of hydrogen-bond acceptors (Lipinski definition) is 10. The van der Waals surface area contributed by atoms with Crippen molar-refractivity contribution in [1.82, 2.24) is 5.32 Å². The van der Waals surface area contributed by atoms with Crippen LogP contribution in [0.3, 0.4) is 0 Å². The lowest BCUT2D eigenvalue weighted by Crippen LogP contribution is -2.61. The third-order valence-electron chi connectivity index (χ3n) is 13.8. The van der Waals surface area contributed by atoms with Crippen molar-refractivity contribution < 1.29 is 49.3 Å². The molecule has 0 spiro atoms. The number of unbranched alkanes of at least 4 members (excludes halogenated alkanes) is 23. The maximum Gasteiger partial charge on any atom is 0.306 e. The average Bonchev–Trinajstić information content (AvgIpc) is 3.43. The van der Waals surface area contributed by atoms with Crippen LogP contribution < -0.4 is 5.32 Å².